The van der Waals surface area contributed by atoms with Gasteiger partial charge in [0.2, 0.25) is 0 Å². The van der Waals surface area contributed by atoms with Crippen LogP contribution in [0.4, 0.5) is 0 Å². The summed E-state index contributed by atoms with van der Waals surface area (Å²) >= 11 is 0. The van der Waals surface area contributed by atoms with E-state index < -0.39 is 0 Å². The van der Waals surface area contributed by atoms with E-state index in [9.17, 15) is 0 Å². The zero-order valence-electron chi connectivity index (χ0n) is 14.0. The molecule has 0 bridgehead atoms. The summed E-state index contributed by atoms with van der Waals surface area (Å²) in [6, 6.07) is 1.25. The van der Waals surface area contributed by atoms with Crippen molar-refractivity contribution in [3.05, 3.63) is 18.2 Å². The fourth-order valence-electron chi connectivity index (χ4n) is 4.40. The fraction of sp³-hybridized carbons (Fsp3) is 0.824. The third-order valence-electron chi connectivity index (χ3n) is 6.50. The molecule has 2 saturated heterocycles. The summed E-state index contributed by atoms with van der Waals surface area (Å²) in [5, 5.41) is 3.46. The molecule has 22 heavy (non-hydrogen) atoms. The lowest BCUT2D eigenvalue weighted by Gasteiger charge is -2.51. The number of piperidine rings is 1. The van der Waals surface area contributed by atoms with Crippen molar-refractivity contribution in [2.75, 3.05) is 32.7 Å². The summed E-state index contributed by atoms with van der Waals surface area (Å²) in [5.41, 5.74) is 2.01. The zero-order valence-corrected chi connectivity index (χ0v) is 14.0. The number of aromatic nitrogens is 2. The van der Waals surface area contributed by atoms with Crippen LogP contribution in [0.2, 0.25) is 0 Å². The van der Waals surface area contributed by atoms with Crippen molar-refractivity contribution in [3.63, 3.8) is 0 Å². The lowest BCUT2D eigenvalue weighted by molar-refractivity contribution is 0.00961. The zero-order chi connectivity index (χ0) is 15.2. The Balaban J connectivity index is 1.35. The molecule has 0 radical (unpaired) electrons. The highest BCUT2D eigenvalue weighted by atomic mass is 15.3. The van der Waals surface area contributed by atoms with Crippen LogP contribution in [0.15, 0.2) is 12.5 Å². The van der Waals surface area contributed by atoms with E-state index in [1.165, 1.54) is 44.7 Å². The van der Waals surface area contributed by atoms with Gasteiger partial charge in [-0.15, -0.1) is 0 Å². The van der Waals surface area contributed by atoms with Gasteiger partial charge in [0.15, 0.2) is 0 Å². The Hall–Kier alpha value is -0.910. The molecule has 122 valence electrons. The van der Waals surface area contributed by atoms with Gasteiger partial charge in [-0.2, -0.15) is 0 Å². The molecular weight excluding hydrogens is 274 g/mol. The number of imidazole rings is 1. The molecule has 5 nitrogen and oxygen atoms in total. The van der Waals surface area contributed by atoms with Crippen molar-refractivity contribution < 1.29 is 0 Å². The number of nitrogens with one attached hydrogen (secondary N) is 1. The molecule has 4 heterocycles. The minimum Gasteiger partial charge on any atom is -0.332 e. The second-order valence-electron chi connectivity index (χ2n) is 7.67. The molecule has 1 aromatic heterocycles. The molecule has 4 rings (SSSR count). The van der Waals surface area contributed by atoms with Crippen LogP contribution in [0.25, 0.3) is 0 Å². The molecule has 0 saturated carbocycles. The Morgan fingerprint density at radius 1 is 1.05 bits per heavy atom. The van der Waals surface area contributed by atoms with E-state index in [0.717, 1.165) is 19.6 Å². The highest BCUT2D eigenvalue weighted by molar-refractivity contribution is 5.03. The monoisotopic (exact) mass is 303 g/mol. The second-order valence-corrected chi connectivity index (χ2v) is 7.67. The number of hydrogen-bond donors (Lipinski definition) is 1. The van der Waals surface area contributed by atoms with E-state index >= 15 is 0 Å². The Morgan fingerprint density at radius 3 is 2.45 bits per heavy atom. The molecule has 0 aliphatic carbocycles. The van der Waals surface area contributed by atoms with Crippen LogP contribution in [-0.4, -0.2) is 64.2 Å². The standard InChI is InChI=1S/C17H29N5/c1-14(20-5-3-17(4-6-20)11-19-12-17)15(2)21-7-8-22-13-18-9-16(22)10-21/h9,13-15,19H,3-8,10-12H2,1-2H3. The maximum atomic E-state index is 4.28. The highest BCUT2D eigenvalue weighted by Crippen LogP contribution is 2.36. The lowest BCUT2D eigenvalue weighted by Crippen LogP contribution is -2.60. The Morgan fingerprint density at radius 2 is 1.77 bits per heavy atom. The minimum absolute atomic E-state index is 0.609. The van der Waals surface area contributed by atoms with Gasteiger partial charge in [-0.3, -0.25) is 9.80 Å². The lowest BCUT2D eigenvalue weighted by atomic mass is 9.73. The topological polar surface area (TPSA) is 36.3 Å². The van der Waals surface area contributed by atoms with Crippen molar-refractivity contribution in [3.8, 4) is 0 Å². The quantitative estimate of drug-likeness (QED) is 0.909. The van der Waals surface area contributed by atoms with Crippen LogP contribution in [0.3, 0.4) is 0 Å². The van der Waals surface area contributed by atoms with Gasteiger partial charge in [0.1, 0.15) is 0 Å². The third-order valence-corrected chi connectivity index (χ3v) is 6.50. The SMILES string of the molecule is CC(C(C)N1CCn2cncc2C1)N1CCC2(CC1)CNC2. The normalized spacial score (nSPS) is 28.1. The molecule has 3 aliphatic rings. The van der Waals surface area contributed by atoms with E-state index in [1.807, 2.05) is 12.5 Å². The molecule has 2 unspecified atom stereocenters. The molecule has 1 N–H and O–H groups in total. The highest BCUT2D eigenvalue weighted by Gasteiger charge is 2.41. The smallest absolute Gasteiger partial charge is 0.0949 e. The fourth-order valence-corrected chi connectivity index (χ4v) is 4.40. The Labute approximate surface area is 133 Å². The molecule has 3 aliphatic heterocycles. The second kappa shape index (κ2) is 5.62. The van der Waals surface area contributed by atoms with E-state index in [4.69, 9.17) is 0 Å². The van der Waals surface area contributed by atoms with Crippen molar-refractivity contribution in [1.82, 2.24) is 24.7 Å². The van der Waals surface area contributed by atoms with Crippen LogP contribution in [-0.2, 0) is 13.1 Å². The van der Waals surface area contributed by atoms with Crippen LogP contribution >= 0.6 is 0 Å². The minimum atomic E-state index is 0.609. The summed E-state index contributed by atoms with van der Waals surface area (Å²) in [4.78, 5) is 9.64. The van der Waals surface area contributed by atoms with Gasteiger partial charge < -0.3 is 9.88 Å². The van der Waals surface area contributed by atoms with Crippen molar-refractivity contribution in [2.24, 2.45) is 5.41 Å². The first kappa shape index (κ1) is 14.7. The molecule has 0 aromatic carbocycles. The van der Waals surface area contributed by atoms with E-state index in [1.54, 1.807) is 0 Å². The first-order valence-electron chi connectivity index (χ1n) is 8.85. The number of hydrogen-bond acceptors (Lipinski definition) is 4. The predicted molar refractivity (Wildman–Crippen MR) is 87.7 cm³/mol. The summed E-state index contributed by atoms with van der Waals surface area (Å²) in [6.07, 6.45) is 6.75. The molecule has 0 amide bonds. The van der Waals surface area contributed by atoms with Gasteiger partial charge in [-0.25, -0.2) is 4.98 Å². The Kier molecular flexibility index (Phi) is 3.75. The van der Waals surface area contributed by atoms with E-state index in [0.29, 0.717) is 17.5 Å². The summed E-state index contributed by atoms with van der Waals surface area (Å²) in [6.45, 7) is 13.2. The summed E-state index contributed by atoms with van der Waals surface area (Å²) in [7, 11) is 0. The van der Waals surface area contributed by atoms with Crippen LogP contribution < -0.4 is 5.32 Å². The predicted octanol–water partition coefficient (Wildman–Crippen LogP) is 1.16. The molecule has 5 heteroatoms. The van der Waals surface area contributed by atoms with E-state index in [2.05, 4.69) is 38.5 Å². The van der Waals surface area contributed by atoms with Crippen molar-refractivity contribution in [2.45, 2.75) is 51.9 Å². The van der Waals surface area contributed by atoms with Gasteiger partial charge in [0, 0.05) is 51.0 Å². The maximum Gasteiger partial charge on any atom is 0.0949 e. The maximum absolute atomic E-state index is 4.28. The first-order chi connectivity index (χ1) is 10.7. The van der Waals surface area contributed by atoms with Crippen LogP contribution in [0.1, 0.15) is 32.4 Å². The average molecular weight is 303 g/mol. The van der Waals surface area contributed by atoms with Gasteiger partial charge >= 0.3 is 0 Å². The summed E-state index contributed by atoms with van der Waals surface area (Å²) in [5.74, 6) is 0. The molecule has 2 atom stereocenters. The number of likely N-dealkylation sites (tertiary alicyclic amines) is 1. The average Bonchev–Trinajstić information content (AvgIpc) is 2.99. The number of nitrogens with zero attached hydrogens (tertiary/aromatic N) is 4. The number of fused-ring (bicyclic) bond motifs is 1. The van der Waals surface area contributed by atoms with Crippen LogP contribution in [0, 0.1) is 5.41 Å². The Bertz CT molecular complexity index is 511. The largest absolute Gasteiger partial charge is 0.332 e. The first-order valence-corrected chi connectivity index (χ1v) is 8.85. The van der Waals surface area contributed by atoms with Crippen molar-refractivity contribution >= 4 is 0 Å². The molecular formula is C17H29N5. The molecule has 1 spiro atoms. The molecule has 1 aromatic rings. The van der Waals surface area contributed by atoms with Gasteiger partial charge in [0.25, 0.3) is 0 Å². The van der Waals surface area contributed by atoms with E-state index in [-0.39, 0.29) is 0 Å². The van der Waals surface area contributed by atoms with Gasteiger partial charge in [-0.1, -0.05) is 0 Å². The number of rotatable bonds is 3. The van der Waals surface area contributed by atoms with Gasteiger partial charge in [-0.05, 0) is 45.2 Å². The van der Waals surface area contributed by atoms with Gasteiger partial charge in [0.05, 0.1) is 12.0 Å². The molecule has 2 fully saturated rings. The van der Waals surface area contributed by atoms with Crippen molar-refractivity contribution in [1.29, 1.82) is 0 Å². The van der Waals surface area contributed by atoms with Crippen LogP contribution in [0.5, 0.6) is 0 Å². The summed E-state index contributed by atoms with van der Waals surface area (Å²) < 4.78 is 2.29. The third kappa shape index (κ3) is 2.49.